The lowest BCUT2D eigenvalue weighted by Gasteiger charge is -2.44. The van der Waals surface area contributed by atoms with Gasteiger partial charge in [0.15, 0.2) is 0 Å². The average molecular weight is 287 g/mol. The van der Waals surface area contributed by atoms with Crippen molar-refractivity contribution in [3.05, 3.63) is 24.0 Å². The van der Waals surface area contributed by atoms with Crippen LogP contribution in [0.15, 0.2) is 18.3 Å². The summed E-state index contributed by atoms with van der Waals surface area (Å²) in [4.78, 5) is 7.31. The summed E-state index contributed by atoms with van der Waals surface area (Å²) in [7, 11) is 0. The zero-order valence-corrected chi connectivity index (χ0v) is 13.4. The van der Waals surface area contributed by atoms with Gasteiger partial charge < -0.3 is 5.32 Å². The van der Waals surface area contributed by atoms with Gasteiger partial charge in [0.25, 0.3) is 0 Å². The van der Waals surface area contributed by atoms with E-state index in [0.29, 0.717) is 0 Å². The van der Waals surface area contributed by atoms with Crippen molar-refractivity contribution in [3.63, 3.8) is 0 Å². The molecule has 2 aliphatic rings. The minimum atomic E-state index is 0.821. The minimum Gasteiger partial charge on any atom is -0.385 e. The Morgan fingerprint density at radius 2 is 2.10 bits per heavy atom. The van der Waals surface area contributed by atoms with Crippen LogP contribution < -0.4 is 5.32 Å². The van der Waals surface area contributed by atoms with Crippen LogP contribution in [0.3, 0.4) is 0 Å². The van der Waals surface area contributed by atoms with Gasteiger partial charge in [-0.1, -0.05) is 19.8 Å². The van der Waals surface area contributed by atoms with E-state index < -0.39 is 0 Å². The summed E-state index contributed by atoms with van der Waals surface area (Å²) < 4.78 is 0. The van der Waals surface area contributed by atoms with E-state index in [-0.39, 0.29) is 0 Å². The normalized spacial score (nSPS) is 26.3. The van der Waals surface area contributed by atoms with Gasteiger partial charge in [0, 0.05) is 31.0 Å². The van der Waals surface area contributed by atoms with Gasteiger partial charge in [0.05, 0.1) is 5.69 Å². The summed E-state index contributed by atoms with van der Waals surface area (Å²) in [6, 6.07) is 5.14. The van der Waals surface area contributed by atoms with Crippen LogP contribution in [0.2, 0.25) is 0 Å². The van der Waals surface area contributed by atoms with Crippen molar-refractivity contribution in [2.75, 3.05) is 18.4 Å². The first-order valence-electron chi connectivity index (χ1n) is 8.79. The van der Waals surface area contributed by atoms with E-state index >= 15 is 0 Å². The van der Waals surface area contributed by atoms with Crippen LogP contribution in [0.4, 0.5) is 5.69 Å². The summed E-state index contributed by atoms with van der Waals surface area (Å²) in [5.74, 6) is 0.953. The molecule has 2 fully saturated rings. The molecular weight excluding hydrogens is 258 g/mol. The zero-order chi connectivity index (χ0) is 14.5. The Hall–Kier alpha value is -1.09. The molecule has 1 saturated carbocycles. The molecule has 3 nitrogen and oxygen atoms in total. The predicted octanol–water partition coefficient (Wildman–Crippen LogP) is 4.06. The Balaban J connectivity index is 1.64. The molecule has 0 aromatic carbocycles. The van der Waals surface area contributed by atoms with Gasteiger partial charge in [0.2, 0.25) is 0 Å². The van der Waals surface area contributed by atoms with E-state index in [9.17, 15) is 0 Å². The number of pyridine rings is 1. The standard InChI is InChI=1S/C18H29N3/c1-2-10-19-16-9-11-20-17(13-16)14-21-12-5-7-15-6-3-4-8-18(15)21/h9,11,13,15,18H,2-8,10,12,14H2,1H3,(H,19,20)/t15-,18-/m1/s1. The number of aromatic nitrogens is 1. The highest BCUT2D eigenvalue weighted by molar-refractivity contribution is 5.43. The van der Waals surface area contributed by atoms with E-state index in [1.54, 1.807) is 0 Å². The van der Waals surface area contributed by atoms with Crippen molar-refractivity contribution in [3.8, 4) is 0 Å². The fraction of sp³-hybridized carbons (Fsp3) is 0.722. The van der Waals surface area contributed by atoms with Crippen LogP contribution in [0.1, 0.15) is 57.6 Å². The Morgan fingerprint density at radius 1 is 1.24 bits per heavy atom. The van der Waals surface area contributed by atoms with Crippen LogP contribution in [0.25, 0.3) is 0 Å². The van der Waals surface area contributed by atoms with Gasteiger partial charge in [-0.25, -0.2) is 0 Å². The maximum Gasteiger partial charge on any atom is 0.0564 e. The van der Waals surface area contributed by atoms with E-state index in [2.05, 4.69) is 34.3 Å². The second-order valence-corrected chi connectivity index (χ2v) is 6.69. The molecular formula is C18H29N3. The molecule has 0 bridgehead atoms. The van der Waals surface area contributed by atoms with E-state index in [0.717, 1.165) is 31.5 Å². The molecule has 1 aliphatic heterocycles. The maximum absolute atomic E-state index is 4.60. The lowest BCUT2D eigenvalue weighted by molar-refractivity contribution is 0.0537. The van der Waals surface area contributed by atoms with Gasteiger partial charge >= 0.3 is 0 Å². The Bertz CT molecular complexity index is 444. The highest BCUT2D eigenvalue weighted by Crippen LogP contribution is 2.35. The third kappa shape index (κ3) is 3.76. The molecule has 1 aliphatic carbocycles. The number of hydrogen-bond acceptors (Lipinski definition) is 3. The molecule has 0 radical (unpaired) electrons. The van der Waals surface area contributed by atoms with E-state index in [4.69, 9.17) is 0 Å². The fourth-order valence-corrected chi connectivity index (χ4v) is 4.08. The lowest BCUT2D eigenvalue weighted by Crippen LogP contribution is -2.46. The van der Waals surface area contributed by atoms with Crippen molar-refractivity contribution >= 4 is 5.69 Å². The van der Waals surface area contributed by atoms with Gasteiger partial charge in [0.1, 0.15) is 0 Å². The van der Waals surface area contributed by atoms with Crippen LogP contribution in [0.5, 0.6) is 0 Å². The topological polar surface area (TPSA) is 28.2 Å². The van der Waals surface area contributed by atoms with Gasteiger partial charge in [-0.15, -0.1) is 0 Å². The number of likely N-dealkylation sites (tertiary alicyclic amines) is 1. The molecule has 3 rings (SSSR count). The third-order valence-electron chi connectivity index (χ3n) is 5.12. The average Bonchev–Trinajstić information content (AvgIpc) is 2.54. The fourth-order valence-electron chi connectivity index (χ4n) is 4.08. The van der Waals surface area contributed by atoms with Crippen LogP contribution >= 0.6 is 0 Å². The molecule has 2 heterocycles. The van der Waals surface area contributed by atoms with Crippen LogP contribution in [-0.4, -0.2) is 29.0 Å². The molecule has 3 heteroatoms. The van der Waals surface area contributed by atoms with E-state index in [1.165, 1.54) is 56.5 Å². The van der Waals surface area contributed by atoms with Crippen molar-refractivity contribution in [2.24, 2.45) is 5.92 Å². The molecule has 0 spiro atoms. The van der Waals surface area contributed by atoms with Gasteiger partial charge in [-0.3, -0.25) is 9.88 Å². The van der Waals surface area contributed by atoms with E-state index in [1.807, 2.05) is 6.20 Å². The zero-order valence-electron chi connectivity index (χ0n) is 13.4. The number of piperidine rings is 1. The number of fused-ring (bicyclic) bond motifs is 1. The molecule has 1 N–H and O–H groups in total. The third-order valence-corrected chi connectivity index (χ3v) is 5.12. The molecule has 0 unspecified atom stereocenters. The Labute approximate surface area is 129 Å². The van der Waals surface area contributed by atoms with Crippen molar-refractivity contribution in [1.29, 1.82) is 0 Å². The molecule has 116 valence electrons. The highest BCUT2D eigenvalue weighted by atomic mass is 15.2. The highest BCUT2D eigenvalue weighted by Gasteiger charge is 2.33. The van der Waals surface area contributed by atoms with Crippen LogP contribution in [0, 0.1) is 5.92 Å². The largest absolute Gasteiger partial charge is 0.385 e. The summed E-state index contributed by atoms with van der Waals surface area (Å²) in [6.45, 7) is 5.53. The molecule has 0 amide bonds. The minimum absolute atomic E-state index is 0.821. The quantitative estimate of drug-likeness (QED) is 0.885. The summed E-state index contributed by atoms with van der Waals surface area (Å²) in [5.41, 5.74) is 2.45. The Morgan fingerprint density at radius 3 is 3.00 bits per heavy atom. The predicted molar refractivity (Wildman–Crippen MR) is 88.4 cm³/mol. The molecule has 1 saturated heterocycles. The second-order valence-electron chi connectivity index (χ2n) is 6.69. The smallest absolute Gasteiger partial charge is 0.0564 e. The first-order valence-corrected chi connectivity index (χ1v) is 8.79. The second kappa shape index (κ2) is 7.26. The number of rotatable bonds is 5. The van der Waals surface area contributed by atoms with Crippen LogP contribution in [-0.2, 0) is 6.54 Å². The molecule has 1 aromatic heterocycles. The Kier molecular flexibility index (Phi) is 5.13. The van der Waals surface area contributed by atoms with Gasteiger partial charge in [-0.2, -0.15) is 0 Å². The van der Waals surface area contributed by atoms with Crippen molar-refractivity contribution < 1.29 is 0 Å². The van der Waals surface area contributed by atoms with Gasteiger partial charge in [-0.05, 0) is 56.7 Å². The maximum atomic E-state index is 4.60. The number of nitrogens with zero attached hydrogens (tertiary/aromatic N) is 2. The number of nitrogens with one attached hydrogen (secondary N) is 1. The first-order chi connectivity index (χ1) is 10.4. The summed E-state index contributed by atoms with van der Waals surface area (Å²) in [5, 5.41) is 3.47. The number of anilines is 1. The summed E-state index contributed by atoms with van der Waals surface area (Å²) in [6.07, 6.45) is 11.7. The number of hydrogen-bond donors (Lipinski definition) is 1. The summed E-state index contributed by atoms with van der Waals surface area (Å²) >= 11 is 0. The molecule has 21 heavy (non-hydrogen) atoms. The first kappa shape index (κ1) is 14.8. The lowest BCUT2D eigenvalue weighted by atomic mass is 9.78. The van der Waals surface area contributed by atoms with Crippen molar-refractivity contribution in [1.82, 2.24) is 9.88 Å². The SMILES string of the molecule is CCCNc1ccnc(CN2CCC[C@H]3CCCC[C@H]32)c1. The molecule has 1 aromatic rings. The molecule has 2 atom stereocenters. The van der Waals surface area contributed by atoms with Crippen molar-refractivity contribution in [2.45, 2.75) is 64.5 Å². The monoisotopic (exact) mass is 287 g/mol.